The summed E-state index contributed by atoms with van der Waals surface area (Å²) in [5.74, 6) is 0. The van der Waals surface area contributed by atoms with Gasteiger partial charge in [0, 0.05) is 49.8 Å². The molecule has 98 valence electrons. The van der Waals surface area contributed by atoms with Crippen LogP contribution in [0.4, 0.5) is 0 Å². The lowest BCUT2D eigenvalue weighted by atomic mass is 11.8. The SMILES string of the molecule is CO[Si](OC)(OC)OC.C[O][Al]([O]C)[O]C. The van der Waals surface area contributed by atoms with Gasteiger partial charge in [0.1, 0.15) is 0 Å². The summed E-state index contributed by atoms with van der Waals surface area (Å²) in [5.41, 5.74) is 0. The van der Waals surface area contributed by atoms with Crippen LogP contribution in [-0.2, 0) is 29.1 Å². The monoisotopic (exact) mass is 272 g/mol. The molecule has 0 N–H and O–H groups in total. The Bertz CT molecular complexity index is 120. The van der Waals surface area contributed by atoms with Crippen molar-refractivity contribution in [3.63, 3.8) is 0 Å². The molecule has 0 saturated carbocycles. The number of rotatable bonds is 7. The van der Waals surface area contributed by atoms with Crippen LogP contribution in [0.5, 0.6) is 0 Å². The van der Waals surface area contributed by atoms with Gasteiger partial charge in [-0.05, 0) is 0 Å². The minimum Gasteiger partial charge on any atom is -0.457 e. The van der Waals surface area contributed by atoms with Crippen molar-refractivity contribution in [2.75, 3.05) is 49.8 Å². The van der Waals surface area contributed by atoms with Crippen molar-refractivity contribution in [3.8, 4) is 0 Å². The minimum absolute atomic E-state index is 1.49. The van der Waals surface area contributed by atoms with Crippen LogP contribution < -0.4 is 0 Å². The third-order valence-corrected chi connectivity index (χ3v) is 4.73. The molecular formula is C7H21AlO7Si. The van der Waals surface area contributed by atoms with Crippen molar-refractivity contribution < 1.29 is 29.1 Å². The zero-order valence-corrected chi connectivity index (χ0v) is 13.1. The molecule has 0 aliphatic heterocycles. The first-order chi connectivity index (χ1) is 7.59. The van der Waals surface area contributed by atoms with Crippen molar-refractivity contribution in [1.82, 2.24) is 0 Å². The standard InChI is InChI=1S/C4H12O4Si.3CH3O.Al/c1-5-9(6-2,7-3)8-4;3*1-2;/h1-4H3;3*1H3;/q;3*-1;+3. The third-order valence-electron chi connectivity index (χ3n) is 1.58. The van der Waals surface area contributed by atoms with Gasteiger partial charge in [-0.25, -0.2) is 0 Å². The van der Waals surface area contributed by atoms with Gasteiger partial charge in [0.25, 0.3) is 0 Å². The molecule has 9 heteroatoms. The van der Waals surface area contributed by atoms with Crippen molar-refractivity contribution >= 4 is 24.2 Å². The summed E-state index contributed by atoms with van der Waals surface area (Å²) in [6.45, 7) is 0. The van der Waals surface area contributed by atoms with Gasteiger partial charge >= 0.3 is 24.2 Å². The lowest BCUT2D eigenvalue weighted by Crippen LogP contribution is -2.45. The molecule has 0 radical (unpaired) electrons. The smallest absolute Gasteiger partial charge is 0.457 e. The maximum Gasteiger partial charge on any atom is 0.905 e. The van der Waals surface area contributed by atoms with Crippen LogP contribution in [0.15, 0.2) is 0 Å². The van der Waals surface area contributed by atoms with E-state index in [4.69, 9.17) is 29.1 Å². The highest BCUT2D eigenvalue weighted by atomic mass is 28.4. The normalized spacial score (nSPS) is 10.7. The molecule has 0 spiro atoms. The lowest BCUT2D eigenvalue weighted by Gasteiger charge is -2.19. The van der Waals surface area contributed by atoms with Gasteiger partial charge in [-0.1, -0.05) is 0 Å². The fourth-order valence-corrected chi connectivity index (χ4v) is 2.37. The Balaban J connectivity index is 0. The van der Waals surface area contributed by atoms with Crippen LogP contribution in [0.2, 0.25) is 0 Å². The summed E-state index contributed by atoms with van der Waals surface area (Å²) in [5, 5.41) is 0. The Morgan fingerprint density at radius 3 is 0.812 bits per heavy atom. The molecule has 0 fully saturated rings. The second kappa shape index (κ2) is 11.9. The van der Waals surface area contributed by atoms with Crippen LogP contribution in [0, 0.1) is 0 Å². The average Bonchev–Trinajstić information content (AvgIpc) is 2.36. The Morgan fingerprint density at radius 2 is 0.812 bits per heavy atom. The van der Waals surface area contributed by atoms with E-state index in [1.165, 1.54) is 28.4 Å². The van der Waals surface area contributed by atoms with Gasteiger partial charge in [0.2, 0.25) is 0 Å². The molecule has 0 heterocycles. The van der Waals surface area contributed by atoms with E-state index < -0.39 is 24.2 Å². The molecule has 0 aromatic rings. The zero-order chi connectivity index (χ0) is 13.0. The third kappa shape index (κ3) is 7.70. The molecule has 7 nitrogen and oxygen atoms in total. The highest BCUT2D eigenvalue weighted by Crippen LogP contribution is 2.04. The van der Waals surface area contributed by atoms with E-state index in [1.807, 2.05) is 0 Å². The van der Waals surface area contributed by atoms with Crippen LogP contribution in [-0.4, -0.2) is 74.0 Å². The fraction of sp³-hybridized carbons (Fsp3) is 1.00. The quantitative estimate of drug-likeness (QED) is 0.600. The first-order valence-corrected chi connectivity index (χ1v) is 7.43. The molecule has 0 atom stereocenters. The maximum absolute atomic E-state index is 4.86. The van der Waals surface area contributed by atoms with Gasteiger partial charge < -0.3 is 29.1 Å². The van der Waals surface area contributed by atoms with Gasteiger partial charge in [-0.15, -0.1) is 0 Å². The van der Waals surface area contributed by atoms with E-state index in [0.717, 1.165) is 0 Å². The highest BCUT2D eigenvalue weighted by molar-refractivity contribution is 6.53. The van der Waals surface area contributed by atoms with Gasteiger partial charge in [0.05, 0.1) is 0 Å². The Kier molecular flexibility index (Phi) is 14.0. The molecule has 0 amide bonds. The fourth-order valence-electron chi connectivity index (χ4n) is 0.789. The Labute approximate surface area is 103 Å². The van der Waals surface area contributed by atoms with E-state index in [1.54, 1.807) is 21.3 Å². The summed E-state index contributed by atoms with van der Waals surface area (Å²) in [7, 11) is 7.98. The molecule has 0 saturated heterocycles. The molecule has 0 rings (SSSR count). The summed E-state index contributed by atoms with van der Waals surface area (Å²) < 4.78 is 33.7. The Morgan fingerprint density at radius 1 is 0.562 bits per heavy atom. The topological polar surface area (TPSA) is 64.6 Å². The van der Waals surface area contributed by atoms with Crippen LogP contribution in [0.1, 0.15) is 0 Å². The molecule has 0 aromatic carbocycles. The van der Waals surface area contributed by atoms with Crippen molar-refractivity contribution in [3.05, 3.63) is 0 Å². The molecule has 0 bridgehead atoms. The first kappa shape index (κ1) is 18.8. The van der Waals surface area contributed by atoms with E-state index in [-0.39, 0.29) is 0 Å². The summed E-state index contributed by atoms with van der Waals surface area (Å²) >= 11 is -1.67. The minimum atomic E-state index is -2.69. The molecule has 16 heavy (non-hydrogen) atoms. The molecular weight excluding hydrogens is 251 g/mol. The first-order valence-electron chi connectivity index (χ1n) is 4.38. The number of hydrogen-bond acceptors (Lipinski definition) is 7. The van der Waals surface area contributed by atoms with Crippen LogP contribution in [0.25, 0.3) is 0 Å². The summed E-state index contributed by atoms with van der Waals surface area (Å²) in [6, 6.07) is 0. The van der Waals surface area contributed by atoms with Crippen molar-refractivity contribution in [2.24, 2.45) is 0 Å². The van der Waals surface area contributed by atoms with E-state index in [0.29, 0.717) is 0 Å². The highest BCUT2D eigenvalue weighted by Gasteiger charge is 2.40. The average molecular weight is 272 g/mol. The van der Waals surface area contributed by atoms with E-state index in [9.17, 15) is 0 Å². The van der Waals surface area contributed by atoms with Gasteiger partial charge in [-0.2, -0.15) is 0 Å². The summed E-state index contributed by atoms with van der Waals surface area (Å²) in [4.78, 5) is 0. The maximum atomic E-state index is 4.86. The second-order valence-corrected chi connectivity index (χ2v) is 6.94. The van der Waals surface area contributed by atoms with Gasteiger partial charge in [-0.3, -0.25) is 0 Å². The van der Waals surface area contributed by atoms with Crippen molar-refractivity contribution in [1.29, 1.82) is 0 Å². The molecule has 0 aliphatic rings. The zero-order valence-electron chi connectivity index (χ0n) is 10.9. The van der Waals surface area contributed by atoms with Gasteiger partial charge in [0.15, 0.2) is 0 Å². The van der Waals surface area contributed by atoms with Crippen LogP contribution in [0.3, 0.4) is 0 Å². The lowest BCUT2D eigenvalue weighted by molar-refractivity contribution is 0.0226. The predicted molar refractivity (Wildman–Crippen MR) is 60.6 cm³/mol. The summed E-state index contributed by atoms with van der Waals surface area (Å²) in [6.07, 6.45) is 0. The predicted octanol–water partition coefficient (Wildman–Crippen LogP) is -0.0819. The molecule has 0 aromatic heterocycles. The molecule has 0 aliphatic carbocycles. The number of hydrogen-bond donors (Lipinski definition) is 0. The van der Waals surface area contributed by atoms with E-state index >= 15 is 0 Å². The largest absolute Gasteiger partial charge is 0.905 e. The Hall–Kier alpha value is 0.469. The van der Waals surface area contributed by atoms with Crippen molar-refractivity contribution in [2.45, 2.75) is 0 Å². The molecule has 0 unspecified atom stereocenters. The van der Waals surface area contributed by atoms with Crippen LogP contribution >= 0.6 is 0 Å². The van der Waals surface area contributed by atoms with E-state index in [2.05, 4.69) is 0 Å². The second-order valence-electron chi connectivity index (χ2n) is 2.31.